The van der Waals surface area contributed by atoms with E-state index in [1.807, 2.05) is 0 Å². The van der Waals surface area contributed by atoms with Crippen LogP contribution in [-0.2, 0) is 16.2 Å². The molecule has 13 heteroatoms. The Hall–Kier alpha value is -2.70. The number of hydrogen-bond acceptors (Lipinski definition) is 5. The second-order valence-electron chi connectivity index (χ2n) is 6.65. The number of alkyl halides is 3. The van der Waals surface area contributed by atoms with E-state index in [0.717, 1.165) is 28.6 Å². The average molecular weight is 478 g/mol. The number of benzene rings is 2. The van der Waals surface area contributed by atoms with Crippen molar-refractivity contribution in [3.63, 3.8) is 0 Å². The highest BCUT2D eigenvalue weighted by Gasteiger charge is 2.34. The number of hydrogen-bond donors (Lipinski definition) is 0. The second kappa shape index (κ2) is 8.44. The molecule has 1 fully saturated rings. The van der Waals surface area contributed by atoms with Gasteiger partial charge in [-0.3, -0.25) is 14.9 Å². The van der Waals surface area contributed by atoms with Gasteiger partial charge in [-0.1, -0.05) is 17.7 Å². The van der Waals surface area contributed by atoms with Crippen molar-refractivity contribution in [3.8, 4) is 0 Å². The maximum atomic E-state index is 12.9. The van der Waals surface area contributed by atoms with Gasteiger partial charge in [-0.05, 0) is 30.3 Å². The summed E-state index contributed by atoms with van der Waals surface area (Å²) in [5.74, 6) is -0.545. The van der Waals surface area contributed by atoms with Crippen LogP contribution in [0.2, 0.25) is 5.02 Å². The molecular formula is C18H15ClF3N3O5S. The molecule has 0 N–H and O–H groups in total. The summed E-state index contributed by atoms with van der Waals surface area (Å²) < 4.78 is 65.2. The Bertz CT molecular complexity index is 1130. The van der Waals surface area contributed by atoms with Crippen molar-refractivity contribution in [2.24, 2.45) is 0 Å². The molecule has 0 aliphatic carbocycles. The Labute approximate surface area is 180 Å². The maximum Gasteiger partial charge on any atom is 0.416 e. The van der Waals surface area contributed by atoms with E-state index in [4.69, 9.17) is 11.6 Å². The molecule has 0 saturated carbocycles. The zero-order chi connectivity index (χ0) is 23.0. The van der Waals surface area contributed by atoms with Gasteiger partial charge in [-0.15, -0.1) is 0 Å². The number of amides is 1. The topological polar surface area (TPSA) is 101 Å². The van der Waals surface area contributed by atoms with Crippen molar-refractivity contribution in [3.05, 3.63) is 68.7 Å². The number of carbonyl (C=O) groups is 1. The summed E-state index contributed by atoms with van der Waals surface area (Å²) in [5.41, 5.74) is -1.49. The van der Waals surface area contributed by atoms with E-state index in [1.54, 1.807) is 0 Å². The molecule has 8 nitrogen and oxygen atoms in total. The lowest BCUT2D eigenvalue weighted by atomic mass is 10.1. The number of sulfonamides is 1. The van der Waals surface area contributed by atoms with Gasteiger partial charge in [0.15, 0.2) is 0 Å². The van der Waals surface area contributed by atoms with Crippen LogP contribution in [0.1, 0.15) is 15.9 Å². The Morgan fingerprint density at radius 2 is 1.71 bits per heavy atom. The van der Waals surface area contributed by atoms with Crippen molar-refractivity contribution in [1.29, 1.82) is 0 Å². The summed E-state index contributed by atoms with van der Waals surface area (Å²) >= 11 is 5.74. The summed E-state index contributed by atoms with van der Waals surface area (Å²) in [4.78, 5) is 23.7. The monoisotopic (exact) mass is 477 g/mol. The van der Waals surface area contributed by atoms with Crippen LogP contribution in [0.25, 0.3) is 0 Å². The molecule has 0 aromatic heterocycles. The number of nitro groups is 1. The van der Waals surface area contributed by atoms with Gasteiger partial charge in [0, 0.05) is 37.8 Å². The summed E-state index contributed by atoms with van der Waals surface area (Å²) in [6, 6.07) is 7.03. The van der Waals surface area contributed by atoms with Crippen molar-refractivity contribution in [2.45, 2.75) is 11.1 Å². The number of halogens is 4. The average Bonchev–Trinajstić information content (AvgIpc) is 2.73. The highest BCUT2D eigenvalue weighted by molar-refractivity contribution is 7.89. The lowest BCUT2D eigenvalue weighted by molar-refractivity contribution is -0.384. The molecule has 1 heterocycles. The first-order valence-electron chi connectivity index (χ1n) is 8.82. The molecule has 2 aromatic carbocycles. The smallest absolute Gasteiger partial charge is 0.336 e. The fraction of sp³-hybridized carbons (Fsp3) is 0.278. The normalized spacial score (nSPS) is 15.7. The number of nitrogens with zero attached hydrogens (tertiary/aromatic N) is 3. The SMILES string of the molecule is O=C(c1ccc(Cl)c([N+](=O)[O-])c1)N1CCN(S(=O)(=O)c2cccc(C(F)(F)F)c2)CC1. The molecule has 0 bridgehead atoms. The molecule has 1 amide bonds. The highest BCUT2D eigenvalue weighted by atomic mass is 35.5. The molecular weight excluding hydrogens is 463 g/mol. The predicted molar refractivity (Wildman–Crippen MR) is 104 cm³/mol. The van der Waals surface area contributed by atoms with E-state index in [2.05, 4.69) is 0 Å². The van der Waals surface area contributed by atoms with Crippen LogP contribution in [0.3, 0.4) is 0 Å². The lowest BCUT2D eigenvalue weighted by Crippen LogP contribution is -2.50. The minimum Gasteiger partial charge on any atom is -0.336 e. The first kappa shape index (κ1) is 23.0. The second-order valence-corrected chi connectivity index (χ2v) is 8.99. The van der Waals surface area contributed by atoms with E-state index < -0.39 is 43.2 Å². The zero-order valence-electron chi connectivity index (χ0n) is 15.7. The van der Waals surface area contributed by atoms with Gasteiger partial charge in [0.05, 0.1) is 15.4 Å². The third kappa shape index (κ3) is 4.81. The Morgan fingerprint density at radius 1 is 1.06 bits per heavy atom. The third-order valence-corrected chi connectivity index (χ3v) is 6.93. The van der Waals surface area contributed by atoms with Gasteiger partial charge in [0.25, 0.3) is 11.6 Å². The molecule has 2 aromatic rings. The predicted octanol–water partition coefficient (Wildman–Crippen LogP) is 3.41. The van der Waals surface area contributed by atoms with Crippen LogP contribution in [0, 0.1) is 10.1 Å². The van der Waals surface area contributed by atoms with E-state index in [-0.39, 0.29) is 36.8 Å². The van der Waals surface area contributed by atoms with E-state index in [9.17, 15) is 36.5 Å². The fourth-order valence-corrected chi connectivity index (χ4v) is 4.74. The van der Waals surface area contributed by atoms with Crippen LogP contribution in [0.5, 0.6) is 0 Å². The summed E-state index contributed by atoms with van der Waals surface area (Å²) in [6.07, 6.45) is -4.68. The summed E-state index contributed by atoms with van der Waals surface area (Å²) in [5, 5.41) is 10.9. The molecule has 0 spiro atoms. The maximum absolute atomic E-state index is 12.9. The van der Waals surface area contributed by atoms with Crippen LogP contribution in [-0.4, -0.2) is 54.6 Å². The minimum absolute atomic E-state index is 0.0188. The standard InChI is InChI=1S/C18H15ClF3N3O5S/c19-15-5-4-12(10-16(15)25(27)28)17(26)23-6-8-24(9-7-23)31(29,30)14-3-1-2-13(11-14)18(20,21)22/h1-5,10-11H,6-9H2. The highest BCUT2D eigenvalue weighted by Crippen LogP contribution is 2.31. The van der Waals surface area contributed by atoms with Crippen LogP contribution < -0.4 is 0 Å². The molecule has 0 unspecified atom stereocenters. The Morgan fingerprint density at radius 3 is 2.29 bits per heavy atom. The fourth-order valence-electron chi connectivity index (χ4n) is 3.08. The number of carbonyl (C=O) groups excluding carboxylic acids is 1. The van der Waals surface area contributed by atoms with Crippen LogP contribution >= 0.6 is 11.6 Å². The molecule has 0 radical (unpaired) electrons. The lowest BCUT2D eigenvalue weighted by Gasteiger charge is -2.34. The zero-order valence-corrected chi connectivity index (χ0v) is 17.2. The van der Waals surface area contributed by atoms with E-state index in [1.165, 1.54) is 17.0 Å². The first-order valence-corrected chi connectivity index (χ1v) is 10.6. The molecule has 31 heavy (non-hydrogen) atoms. The molecule has 0 atom stereocenters. The van der Waals surface area contributed by atoms with Crippen molar-refractivity contribution >= 4 is 33.2 Å². The van der Waals surface area contributed by atoms with Crippen molar-refractivity contribution in [2.75, 3.05) is 26.2 Å². The van der Waals surface area contributed by atoms with Crippen molar-refractivity contribution in [1.82, 2.24) is 9.21 Å². The number of nitro benzene ring substituents is 1. The van der Waals surface area contributed by atoms with Crippen LogP contribution in [0.4, 0.5) is 18.9 Å². The van der Waals surface area contributed by atoms with Crippen molar-refractivity contribution < 1.29 is 31.3 Å². The largest absolute Gasteiger partial charge is 0.416 e. The third-order valence-electron chi connectivity index (χ3n) is 4.71. The number of rotatable bonds is 4. The van der Waals surface area contributed by atoms with Gasteiger partial charge in [0.2, 0.25) is 10.0 Å². The Balaban J connectivity index is 1.74. The molecule has 166 valence electrons. The summed E-state index contributed by atoms with van der Waals surface area (Å²) in [7, 11) is -4.19. The number of piperazine rings is 1. The van der Waals surface area contributed by atoms with Gasteiger partial charge in [-0.25, -0.2) is 8.42 Å². The minimum atomic E-state index is -4.68. The van der Waals surface area contributed by atoms with Gasteiger partial charge in [-0.2, -0.15) is 17.5 Å². The van der Waals surface area contributed by atoms with Crippen LogP contribution in [0.15, 0.2) is 47.4 Å². The van der Waals surface area contributed by atoms with Gasteiger partial charge >= 0.3 is 6.18 Å². The van der Waals surface area contributed by atoms with E-state index >= 15 is 0 Å². The quantitative estimate of drug-likeness (QED) is 0.496. The molecule has 3 rings (SSSR count). The van der Waals surface area contributed by atoms with Gasteiger partial charge < -0.3 is 4.90 Å². The first-order chi connectivity index (χ1) is 14.4. The van der Waals surface area contributed by atoms with Gasteiger partial charge in [0.1, 0.15) is 5.02 Å². The molecule has 1 aliphatic heterocycles. The molecule has 1 saturated heterocycles. The Kier molecular flexibility index (Phi) is 6.25. The summed E-state index contributed by atoms with van der Waals surface area (Å²) in [6.45, 7) is -0.346. The molecule has 1 aliphatic rings. The van der Waals surface area contributed by atoms with E-state index in [0.29, 0.717) is 6.07 Å².